The number of nitrogens with one attached hydrogen (secondary N) is 1. The number of hydrogen-bond acceptors (Lipinski definition) is 4. The van der Waals surface area contributed by atoms with Crippen molar-refractivity contribution < 1.29 is 8.42 Å². The quantitative estimate of drug-likeness (QED) is 0.738. The van der Waals surface area contributed by atoms with E-state index in [0.29, 0.717) is 37.6 Å². The van der Waals surface area contributed by atoms with Gasteiger partial charge in [0.15, 0.2) is 0 Å². The van der Waals surface area contributed by atoms with Crippen molar-refractivity contribution in [3.63, 3.8) is 0 Å². The largest absolute Gasteiger partial charge is 0.313 e. The lowest BCUT2D eigenvalue weighted by molar-refractivity contribution is 0.263. The van der Waals surface area contributed by atoms with Gasteiger partial charge in [-0.1, -0.05) is 6.92 Å². The highest BCUT2D eigenvalue weighted by molar-refractivity contribution is 7.89. The topological polar surface area (TPSA) is 52.7 Å². The van der Waals surface area contributed by atoms with Crippen molar-refractivity contribution in [3.05, 3.63) is 0 Å². The molecule has 18 heavy (non-hydrogen) atoms. The van der Waals surface area contributed by atoms with Crippen LogP contribution in [-0.4, -0.2) is 69.2 Å². The predicted molar refractivity (Wildman–Crippen MR) is 73.0 cm³/mol. The van der Waals surface area contributed by atoms with Crippen LogP contribution in [0.3, 0.4) is 0 Å². The second kappa shape index (κ2) is 5.45. The maximum absolute atomic E-state index is 12.2. The van der Waals surface area contributed by atoms with Crippen LogP contribution in [-0.2, 0) is 10.0 Å². The molecule has 5 nitrogen and oxygen atoms in total. The molecule has 0 spiro atoms. The summed E-state index contributed by atoms with van der Waals surface area (Å²) in [6.07, 6.45) is 2.40. The first-order chi connectivity index (χ1) is 8.40. The Morgan fingerprint density at radius 3 is 2.44 bits per heavy atom. The van der Waals surface area contributed by atoms with Crippen LogP contribution in [0.1, 0.15) is 19.8 Å². The zero-order valence-corrected chi connectivity index (χ0v) is 12.4. The fourth-order valence-electron chi connectivity index (χ4n) is 2.61. The van der Waals surface area contributed by atoms with E-state index in [1.54, 1.807) is 4.31 Å². The first-order valence-electron chi connectivity index (χ1n) is 6.78. The average Bonchev–Trinajstić information content (AvgIpc) is 2.98. The highest BCUT2D eigenvalue weighted by atomic mass is 32.2. The Morgan fingerprint density at radius 1 is 1.28 bits per heavy atom. The van der Waals surface area contributed by atoms with Crippen LogP contribution in [0.25, 0.3) is 0 Å². The van der Waals surface area contributed by atoms with Crippen LogP contribution in [0.5, 0.6) is 0 Å². The summed E-state index contributed by atoms with van der Waals surface area (Å²) in [6.45, 7) is 4.02. The minimum Gasteiger partial charge on any atom is -0.313 e. The van der Waals surface area contributed by atoms with Crippen LogP contribution < -0.4 is 5.32 Å². The molecule has 0 radical (unpaired) electrons. The summed E-state index contributed by atoms with van der Waals surface area (Å²) in [7, 11) is 0.956. The van der Waals surface area contributed by atoms with E-state index >= 15 is 0 Å². The fourth-order valence-corrected chi connectivity index (χ4v) is 4.09. The third-order valence-corrected chi connectivity index (χ3v) is 5.77. The molecule has 1 saturated carbocycles. The van der Waals surface area contributed by atoms with E-state index in [0.717, 1.165) is 0 Å². The zero-order valence-electron chi connectivity index (χ0n) is 11.6. The van der Waals surface area contributed by atoms with Gasteiger partial charge in [-0.2, -0.15) is 4.31 Å². The van der Waals surface area contributed by atoms with E-state index in [2.05, 4.69) is 17.1 Å². The van der Waals surface area contributed by atoms with Gasteiger partial charge in [-0.3, -0.25) is 0 Å². The van der Waals surface area contributed by atoms with E-state index in [4.69, 9.17) is 0 Å². The van der Waals surface area contributed by atoms with Crippen molar-refractivity contribution in [1.29, 1.82) is 0 Å². The van der Waals surface area contributed by atoms with E-state index in [9.17, 15) is 8.42 Å². The highest BCUT2D eigenvalue weighted by Gasteiger charge is 2.37. The maximum Gasteiger partial charge on any atom is 0.215 e. The average molecular weight is 275 g/mol. The van der Waals surface area contributed by atoms with Gasteiger partial charge in [-0.25, -0.2) is 8.42 Å². The summed E-state index contributed by atoms with van der Waals surface area (Å²) in [5.74, 6) is 0.641. The van der Waals surface area contributed by atoms with Gasteiger partial charge in [0.25, 0.3) is 0 Å². The third kappa shape index (κ3) is 3.44. The molecular formula is C12H25N3O2S. The molecule has 1 aliphatic carbocycles. The third-order valence-electron chi connectivity index (χ3n) is 3.97. The fraction of sp³-hybridized carbons (Fsp3) is 1.00. The standard InChI is InChI=1S/C12H25N3O2S/c1-10-8-15(9-12(10)14(2)3)18(16,17)7-6-13-11-4-5-11/h10-13H,4-9H2,1-3H3. The Kier molecular flexibility index (Phi) is 4.31. The molecular weight excluding hydrogens is 250 g/mol. The Morgan fingerprint density at radius 2 is 1.94 bits per heavy atom. The first-order valence-corrected chi connectivity index (χ1v) is 8.38. The van der Waals surface area contributed by atoms with Crippen molar-refractivity contribution >= 4 is 10.0 Å². The molecule has 2 aliphatic rings. The normalized spacial score (nSPS) is 30.2. The second-order valence-corrected chi connectivity index (χ2v) is 7.96. The van der Waals surface area contributed by atoms with E-state index < -0.39 is 10.0 Å². The molecule has 0 aromatic carbocycles. The Balaban J connectivity index is 1.85. The summed E-state index contributed by atoms with van der Waals surface area (Å²) in [5, 5.41) is 3.27. The molecule has 6 heteroatoms. The van der Waals surface area contributed by atoms with Gasteiger partial charge in [-0.15, -0.1) is 0 Å². The number of likely N-dealkylation sites (N-methyl/N-ethyl adjacent to an activating group) is 1. The van der Waals surface area contributed by atoms with Gasteiger partial charge in [-0.05, 0) is 32.9 Å². The van der Waals surface area contributed by atoms with Gasteiger partial charge in [0.2, 0.25) is 10.0 Å². The molecule has 106 valence electrons. The number of sulfonamides is 1. The summed E-state index contributed by atoms with van der Waals surface area (Å²) in [5.41, 5.74) is 0. The Bertz CT molecular complexity index is 379. The monoisotopic (exact) mass is 275 g/mol. The Hall–Kier alpha value is -0.170. The van der Waals surface area contributed by atoms with Crippen LogP contribution in [0.2, 0.25) is 0 Å². The predicted octanol–water partition coefficient (Wildman–Crippen LogP) is -0.0499. The Labute approximate surface area is 111 Å². The molecule has 1 saturated heterocycles. The summed E-state index contributed by atoms with van der Waals surface area (Å²) < 4.78 is 26.1. The smallest absolute Gasteiger partial charge is 0.215 e. The van der Waals surface area contributed by atoms with Crippen molar-refractivity contribution in [2.45, 2.75) is 31.8 Å². The minimum atomic E-state index is -3.08. The number of nitrogens with zero attached hydrogens (tertiary/aromatic N) is 2. The molecule has 2 fully saturated rings. The van der Waals surface area contributed by atoms with Crippen molar-refractivity contribution in [1.82, 2.24) is 14.5 Å². The first kappa shape index (κ1) is 14.2. The molecule has 1 heterocycles. The minimum absolute atomic E-state index is 0.233. The van der Waals surface area contributed by atoms with Crippen LogP contribution >= 0.6 is 0 Å². The molecule has 2 rings (SSSR count). The number of hydrogen-bond donors (Lipinski definition) is 1. The van der Waals surface area contributed by atoms with E-state index in [1.165, 1.54) is 12.8 Å². The zero-order chi connectivity index (χ0) is 13.3. The summed E-state index contributed by atoms with van der Waals surface area (Å²) in [4.78, 5) is 2.13. The van der Waals surface area contributed by atoms with Crippen LogP contribution in [0.15, 0.2) is 0 Å². The molecule has 1 aliphatic heterocycles. The number of rotatable bonds is 6. The summed E-state index contributed by atoms with van der Waals surface area (Å²) in [6, 6.07) is 0.920. The molecule has 0 amide bonds. The van der Waals surface area contributed by atoms with Crippen molar-refractivity contribution in [2.24, 2.45) is 5.92 Å². The maximum atomic E-state index is 12.2. The van der Waals surface area contributed by atoms with Gasteiger partial charge in [0, 0.05) is 31.7 Å². The van der Waals surface area contributed by atoms with Crippen LogP contribution in [0.4, 0.5) is 0 Å². The SMILES string of the molecule is CC1CN(S(=O)(=O)CCNC2CC2)CC1N(C)C. The van der Waals surface area contributed by atoms with E-state index in [-0.39, 0.29) is 5.75 Å². The van der Waals surface area contributed by atoms with Crippen molar-refractivity contribution in [2.75, 3.05) is 39.5 Å². The molecule has 2 atom stereocenters. The molecule has 0 bridgehead atoms. The molecule has 1 N–H and O–H groups in total. The summed E-state index contributed by atoms with van der Waals surface area (Å²) >= 11 is 0. The molecule has 0 aromatic rings. The highest BCUT2D eigenvalue weighted by Crippen LogP contribution is 2.23. The van der Waals surface area contributed by atoms with Crippen molar-refractivity contribution in [3.8, 4) is 0 Å². The lowest BCUT2D eigenvalue weighted by Crippen LogP contribution is -2.38. The molecule has 0 aromatic heterocycles. The van der Waals surface area contributed by atoms with Gasteiger partial charge < -0.3 is 10.2 Å². The second-order valence-electron chi connectivity index (χ2n) is 5.87. The van der Waals surface area contributed by atoms with Gasteiger partial charge in [0.1, 0.15) is 0 Å². The van der Waals surface area contributed by atoms with E-state index in [1.807, 2.05) is 14.1 Å². The molecule has 2 unspecified atom stereocenters. The van der Waals surface area contributed by atoms with Gasteiger partial charge in [0.05, 0.1) is 5.75 Å². The lowest BCUT2D eigenvalue weighted by atomic mass is 10.1. The van der Waals surface area contributed by atoms with Gasteiger partial charge >= 0.3 is 0 Å². The lowest BCUT2D eigenvalue weighted by Gasteiger charge is -2.22. The van der Waals surface area contributed by atoms with Crippen LogP contribution in [0, 0.1) is 5.92 Å².